The van der Waals surface area contributed by atoms with Gasteiger partial charge in [-0.3, -0.25) is 9.78 Å². The summed E-state index contributed by atoms with van der Waals surface area (Å²) in [5.74, 6) is -0.839. The number of hydrogen-bond acceptors (Lipinski definition) is 3. The van der Waals surface area contributed by atoms with Gasteiger partial charge in [0.1, 0.15) is 11.6 Å². The van der Waals surface area contributed by atoms with E-state index in [-0.39, 0.29) is 11.1 Å². The second kappa shape index (κ2) is 6.35. The maximum atomic E-state index is 14.2. The van der Waals surface area contributed by atoms with Gasteiger partial charge in [-0.2, -0.15) is 0 Å². The second-order valence-electron chi connectivity index (χ2n) is 6.41. The summed E-state index contributed by atoms with van der Waals surface area (Å²) in [5, 5.41) is 0.720. The lowest BCUT2D eigenvalue weighted by Gasteiger charge is -2.11. The predicted molar refractivity (Wildman–Crippen MR) is 102 cm³/mol. The molecule has 7 heteroatoms. The van der Waals surface area contributed by atoms with E-state index in [1.54, 1.807) is 43.4 Å². The number of aromatic nitrogens is 3. The highest BCUT2D eigenvalue weighted by molar-refractivity contribution is 5.97. The summed E-state index contributed by atoms with van der Waals surface area (Å²) in [6, 6.07) is 10.3. The molecular weight excluding hydrogens is 350 g/mol. The van der Waals surface area contributed by atoms with E-state index in [9.17, 15) is 13.6 Å². The van der Waals surface area contributed by atoms with E-state index in [4.69, 9.17) is 0 Å². The molecule has 0 bridgehead atoms. The summed E-state index contributed by atoms with van der Waals surface area (Å²) >= 11 is 0. The Kier molecular flexibility index (Phi) is 3.99. The van der Waals surface area contributed by atoms with Crippen molar-refractivity contribution < 1.29 is 8.78 Å². The first-order chi connectivity index (χ1) is 12.9. The van der Waals surface area contributed by atoms with Gasteiger partial charge in [0.2, 0.25) is 5.95 Å². The quantitative estimate of drug-likeness (QED) is 0.577. The van der Waals surface area contributed by atoms with E-state index < -0.39 is 11.6 Å². The number of rotatable bonds is 3. The highest BCUT2D eigenvalue weighted by atomic mass is 19.1. The zero-order valence-electron chi connectivity index (χ0n) is 14.7. The molecule has 0 spiro atoms. The number of hydrogen-bond donors (Lipinski definition) is 2. The van der Waals surface area contributed by atoms with Crippen LogP contribution in [0.3, 0.4) is 0 Å². The van der Waals surface area contributed by atoms with E-state index in [0.717, 1.165) is 10.9 Å². The van der Waals surface area contributed by atoms with Gasteiger partial charge in [0.05, 0.1) is 11.3 Å². The van der Waals surface area contributed by atoms with Gasteiger partial charge in [0.15, 0.2) is 0 Å². The molecule has 0 aliphatic heterocycles. The minimum atomic E-state index is -0.629. The summed E-state index contributed by atoms with van der Waals surface area (Å²) in [6.45, 7) is 0. The number of H-pyrrole nitrogens is 2. The summed E-state index contributed by atoms with van der Waals surface area (Å²) in [4.78, 5) is 23.9. The van der Waals surface area contributed by atoms with E-state index >= 15 is 0 Å². The van der Waals surface area contributed by atoms with Crippen molar-refractivity contribution in [2.45, 2.75) is 0 Å². The Morgan fingerprint density at radius 2 is 1.78 bits per heavy atom. The van der Waals surface area contributed by atoms with Gasteiger partial charge < -0.3 is 9.88 Å². The van der Waals surface area contributed by atoms with Gasteiger partial charge in [0.25, 0.3) is 5.56 Å². The van der Waals surface area contributed by atoms with Crippen LogP contribution in [-0.4, -0.2) is 29.0 Å². The van der Waals surface area contributed by atoms with Crippen LogP contribution in [0.25, 0.3) is 33.3 Å². The Hall–Kier alpha value is -3.48. The molecule has 4 rings (SSSR count). The van der Waals surface area contributed by atoms with Crippen molar-refractivity contribution in [2.24, 2.45) is 0 Å². The third-order valence-corrected chi connectivity index (χ3v) is 4.36. The Morgan fingerprint density at radius 1 is 1.04 bits per heavy atom. The van der Waals surface area contributed by atoms with E-state index in [1.807, 2.05) is 0 Å². The molecule has 0 fully saturated rings. The van der Waals surface area contributed by atoms with E-state index in [2.05, 4.69) is 15.0 Å². The second-order valence-corrected chi connectivity index (χ2v) is 6.41. The minimum absolute atomic E-state index is 0.0839. The molecule has 0 saturated carbocycles. The molecule has 0 amide bonds. The lowest BCUT2D eigenvalue weighted by Crippen LogP contribution is -2.18. The SMILES string of the molecule is CN(C)c1nc(-c2c[nH]c3ccc(-c4c(F)cccc4F)cc23)cc(=O)[nH]1. The average Bonchev–Trinajstić information content (AvgIpc) is 3.04. The standard InChI is InChI=1S/C20H16F2N4O/c1-26(2)20-24-17(9-18(27)25-20)13-10-23-16-7-6-11(8-12(13)16)19-14(21)4-3-5-15(19)22/h3-10,23H,1-2H3,(H,24,25,27). The van der Waals surface area contributed by atoms with Crippen molar-refractivity contribution in [1.82, 2.24) is 15.0 Å². The van der Waals surface area contributed by atoms with Crippen LogP contribution in [-0.2, 0) is 0 Å². The molecular formula is C20H16F2N4O. The Balaban J connectivity index is 1.93. The van der Waals surface area contributed by atoms with Crippen LogP contribution in [0.15, 0.2) is 53.5 Å². The highest BCUT2D eigenvalue weighted by Gasteiger charge is 2.15. The smallest absolute Gasteiger partial charge is 0.252 e. The summed E-state index contributed by atoms with van der Waals surface area (Å²) in [7, 11) is 3.55. The molecule has 2 aromatic heterocycles. The normalized spacial score (nSPS) is 11.1. The van der Waals surface area contributed by atoms with Crippen molar-refractivity contribution in [1.29, 1.82) is 0 Å². The van der Waals surface area contributed by atoms with Crippen molar-refractivity contribution in [3.8, 4) is 22.4 Å². The molecule has 2 heterocycles. The molecule has 0 aliphatic carbocycles. The van der Waals surface area contributed by atoms with Crippen LogP contribution in [0.1, 0.15) is 0 Å². The molecule has 0 unspecified atom stereocenters. The van der Waals surface area contributed by atoms with Crippen LogP contribution in [0.5, 0.6) is 0 Å². The van der Waals surface area contributed by atoms with Crippen molar-refractivity contribution in [3.05, 3.63) is 70.6 Å². The zero-order valence-corrected chi connectivity index (χ0v) is 14.7. The Bertz CT molecular complexity index is 1190. The van der Waals surface area contributed by atoms with E-state index in [0.29, 0.717) is 22.8 Å². The van der Waals surface area contributed by atoms with Crippen LogP contribution >= 0.6 is 0 Å². The number of fused-ring (bicyclic) bond motifs is 1. The van der Waals surface area contributed by atoms with Crippen LogP contribution < -0.4 is 10.5 Å². The molecule has 136 valence electrons. The molecule has 0 radical (unpaired) electrons. The molecule has 4 aromatic rings. The molecule has 2 aromatic carbocycles. The molecule has 0 saturated heterocycles. The van der Waals surface area contributed by atoms with Crippen molar-refractivity contribution in [3.63, 3.8) is 0 Å². The molecule has 0 aliphatic rings. The number of anilines is 1. The Labute approximate surface area is 153 Å². The fourth-order valence-corrected chi connectivity index (χ4v) is 3.06. The molecule has 2 N–H and O–H groups in total. The number of nitrogens with zero attached hydrogens (tertiary/aromatic N) is 2. The van der Waals surface area contributed by atoms with Gasteiger partial charge in [-0.15, -0.1) is 0 Å². The van der Waals surface area contributed by atoms with Crippen molar-refractivity contribution in [2.75, 3.05) is 19.0 Å². The molecule has 27 heavy (non-hydrogen) atoms. The van der Waals surface area contributed by atoms with Crippen molar-refractivity contribution >= 4 is 16.9 Å². The number of halogens is 2. The highest BCUT2D eigenvalue weighted by Crippen LogP contribution is 2.33. The fraction of sp³-hybridized carbons (Fsp3) is 0.100. The van der Waals surface area contributed by atoms with Crippen LogP contribution in [0, 0.1) is 11.6 Å². The third-order valence-electron chi connectivity index (χ3n) is 4.36. The van der Waals surface area contributed by atoms with Crippen LogP contribution in [0.2, 0.25) is 0 Å². The summed E-state index contributed by atoms with van der Waals surface area (Å²) in [5.41, 5.74) is 1.97. The van der Waals surface area contributed by atoms with Gasteiger partial charge in [-0.1, -0.05) is 12.1 Å². The molecule has 5 nitrogen and oxygen atoms in total. The fourth-order valence-electron chi connectivity index (χ4n) is 3.06. The average molecular weight is 366 g/mol. The number of aromatic amines is 2. The number of benzene rings is 2. The summed E-state index contributed by atoms with van der Waals surface area (Å²) < 4.78 is 28.3. The Morgan fingerprint density at radius 3 is 2.48 bits per heavy atom. The lowest BCUT2D eigenvalue weighted by molar-refractivity contribution is 0.589. The first-order valence-electron chi connectivity index (χ1n) is 8.28. The van der Waals surface area contributed by atoms with E-state index in [1.165, 1.54) is 24.3 Å². The predicted octanol–water partition coefficient (Wildman–Crippen LogP) is 3.93. The molecule has 0 atom stereocenters. The van der Waals surface area contributed by atoms with Gasteiger partial charge in [-0.05, 0) is 29.8 Å². The third kappa shape index (κ3) is 2.97. The maximum absolute atomic E-state index is 14.2. The largest absolute Gasteiger partial charge is 0.360 e. The first kappa shape index (κ1) is 17.0. The minimum Gasteiger partial charge on any atom is -0.360 e. The van der Waals surface area contributed by atoms with Gasteiger partial charge in [0, 0.05) is 42.8 Å². The first-order valence-corrected chi connectivity index (χ1v) is 8.28. The topological polar surface area (TPSA) is 64.8 Å². The van der Waals surface area contributed by atoms with Gasteiger partial charge >= 0.3 is 0 Å². The van der Waals surface area contributed by atoms with Gasteiger partial charge in [-0.25, -0.2) is 13.8 Å². The lowest BCUT2D eigenvalue weighted by atomic mass is 10.0. The zero-order chi connectivity index (χ0) is 19.1. The maximum Gasteiger partial charge on any atom is 0.252 e. The monoisotopic (exact) mass is 366 g/mol. The number of nitrogens with one attached hydrogen (secondary N) is 2. The van der Waals surface area contributed by atoms with Crippen LogP contribution in [0.4, 0.5) is 14.7 Å². The summed E-state index contributed by atoms with van der Waals surface area (Å²) in [6.07, 6.45) is 1.73.